The third-order valence-corrected chi connectivity index (χ3v) is 4.89. The average Bonchev–Trinajstić information content (AvgIpc) is 2.85. The fourth-order valence-electron chi connectivity index (χ4n) is 3.53. The van der Waals surface area contributed by atoms with Gasteiger partial charge in [-0.05, 0) is 32.7 Å². The molecule has 0 aromatic heterocycles. The van der Waals surface area contributed by atoms with Gasteiger partial charge in [-0.15, -0.1) is 24.0 Å². The van der Waals surface area contributed by atoms with E-state index in [1.807, 2.05) is 0 Å². The summed E-state index contributed by atoms with van der Waals surface area (Å²) in [5.74, 6) is 0.650. The van der Waals surface area contributed by atoms with Crippen molar-refractivity contribution in [1.82, 2.24) is 10.2 Å². The highest BCUT2D eigenvalue weighted by molar-refractivity contribution is 14.0. The maximum atomic E-state index is 6.02. The second-order valence-electron chi connectivity index (χ2n) is 6.52. The molecule has 21 heavy (non-hydrogen) atoms. The van der Waals surface area contributed by atoms with Crippen molar-refractivity contribution < 1.29 is 0 Å². The van der Waals surface area contributed by atoms with E-state index in [0.717, 1.165) is 19.1 Å². The lowest BCUT2D eigenvalue weighted by Crippen LogP contribution is -2.40. The second-order valence-corrected chi connectivity index (χ2v) is 6.52. The first kappa shape index (κ1) is 19.0. The first-order chi connectivity index (χ1) is 9.75. The Morgan fingerprint density at radius 3 is 2.24 bits per heavy atom. The largest absolute Gasteiger partial charge is 0.370 e. The summed E-state index contributed by atoms with van der Waals surface area (Å²) in [7, 11) is 2.22. The van der Waals surface area contributed by atoms with Crippen molar-refractivity contribution >= 4 is 29.9 Å². The summed E-state index contributed by atoms with van der Waals surface area (Å²) >= 11 is 0. The zero-order valence-electron chi connectivity index (χ0n) is 13.5. The third-order valence-electron chi connectivity index (χ3n) is 4.89. The topological polar surface area (TPSA) is 53.6 Å². The Balaban J connectivity index is 0.00000220. The summed E-state index contributed by atoms with van der Waals surface area (Å²) < 4.78 is 0. The van der Waals surface area contributed by atoms with Gasteiger partial charge in [0.05, 0.1) is 6.54 Å². The van der Waals surface area contributed by atoms with Gasteiger partial charge in [0.15, 0.2) is 5.96 Å². The van der Waals surface area contributed by atoms with E-state index in [2.05, 4.69) is 22.3 Å². The number of hydrogen-bond acceptors (Lipinski definition) is 2. The van der Waals surface area contributed by atoms with Crippen LogP contribution in [0, 0.1) is 0 Å². The van der Waals surface area contributed by atoms with E-state index in [1.165, 1.54) is 64.2 Å². The van der Waals surface area contributed by atoms with Crippen molar-refractivity contribution in [2.75, 3.05) is 20.1 Å². The number of nitrogens with one attached hydrogen (secondary N) is 1. The second kappa shape index (κ2) is 10.6. The molecule has 2 fully saturated rings. The molecule has 0 bridgehead atoms. The molecule has 124 valence electrons. The van der Waals surface area contributed by atoms with Crippen LogP contribution in [0.15, 0.2) is 4.99 Å². The minimum Gasteiger partial charge on any atom is -0.370 e. The number of guanidine groups is 1. The predicted molar refractivity (Wildman–Crippen MR) is 101 cm³/mol. The molecule has 0 aromatic carbocycles. The van der Waals surface area contributed by atoms with E-state index in [1.54, 1.807) is 0 Å². The maximum absolute atomic E-state index is 6.02. The fraction of sp³-hybridized carbons (Fsp3) is 0.938. The molecule has 2 rings (SSSR count). The average molecular weight is 408 g/mol. The molecule has 0 atom stereocenters. The van der Waals surface area contributed by atoms with Gasteiger partial charge in [-0.25, -0.2) is 0 Å². The molecule has 2 saturated carbocycles. The Morgan fingerprint density at radius 2 is 1.62 bits per heavy atom. The molecule has 2 aliphatic rings. The molecule has 0 heterocycles. The van der Waals surface area contributed by atoms with E-state index in [-0.39, 0.29) is 24.0 Å². The molecule has 0 amide bonds. The highest BCUT2D eigenvalue weighted by Crippen LogP contribution is 2.22. The Hall–Kier alpha value is -0.0400. The highest BCUT2D eigenvalue weighted by Gasteiger charge is 2.18. The van der Waals surface area contributed by atoms with Gasteiger partial charge in [-0.2, -0.15) is 0 Å². The molecule has 5 heteroatoms. The number of likely N-dealkylation sites (N-methyl/N-ethyl adjacent to an activating group) is 1. The van der Waals surface area contributed by atoms with Gasteiger partial charge < -0.3 is 16.0 Å². The highest BCUT2D eigenvalue weighted by atomic mass is 127. The standard InChI is InChI=1S/C16H32N4.HI/c1-20(15-10-6-7-11-15)13-12-18-16(17)19-14-8-4-2-3-5-9-14;/h14-15H,2-13H2,1H3,(H3,17,18,19);1H. The van der Waals surface area contributed by atoms with Crippen LogP contribution in [0.2, 0.25) is 0 Å². The normalized spacial score (nSPS) is 22.1. The first-order valence-electron chi connectivity index (χ1n) is 8.52. The minimum absolute atomic E-state index is 0. The summed E-state index contributed by atoms with van der Waals surface area (Å²) in [6.07, 6.45) is 13.4. The molecular formula is C16H33IN4. The van der Waals surface area contributed by atoms with Crippen LogP contribution in [0.1, 0.15) is 64.2 Å². The lowest BCUT2D eigenvalue weighted by Gasteiger charge is -2.23. The van der Waals surface area contributed by atoms with Gasteiger partial charge in [-0.1, -0.05) is 38.5 Å². The summed E-state index contributed by atoms with van der Waals surface area (Å²) in [5, 5.41) is 3.41. The summed E-state index contributed by atoms with van der Waals surface area (Å²) in [5.41, 5.74) is 6.02. The van der Waals surface area contributed by atoms with E-state index in [9.17, 15) is 0 Å². The Labute approximate surface area is 147 Å². The van der Waals surface area contributed by atoms with E-state index < -0.39 is 0 Å². The van der Waals surface area contributed by atoms with Crippen LogP contribution in [0.4, 0.5) is 0 Å². The lowest BCUT2D eigenvalue weighted by molar-refractivity contribution is 0.252. The molecular weight excluding hydrogens is 375 g/mol. The number of hydrogen-bond donors (Lipinski definition) is 2. The summed E-state index contributed by atoms with van der Waals surface area (Å²) in [6, 6.07) is 1.33. The monoisotopic (exact) mass is 408 g/mol. The van der Waals surface area contributed by atoms with Crippen molar-refractivity contribution in [3.05, 3.63) is 0 Å². The molecule has 2 aliphatic carbocycles. The predicted octanol–water partition coefficient (Wildman–Crippen LogP) is 3.11. The van der Waals surface area contributed by atoms with Crippen LogP contribution >= 0.6 is 24.0 Å². The van der Waals surface area contributed by atoms with Crippen LogP contribution in [0.25, 0.3) is 0 Å². The fourth-order valence-corrected chi connectivity index (χ4v) is 3.53. The van der Waals surface area contributed by atoms with Gasteiger partial charge >= 0.3 is 0 Å². The van der Waals surface area contributed by atoms with Crippen LogP contribution in [0.5, 0.6) is 0 Å². The van der Waals surface area contributed by atoms with Crippen molar-refractivity contribution in [2.24, 2.45) is 10.7 Å². The number of nitrogens with zero attached hydrogens (tertiary/aromatic N) is 2. The van der Waals surface area contributed by atoms with Crippen LogP contribution in [-0.2, 0) is 0 Å². The molecule has 0 saturated heterocycles. The summed E-state index contributed by atoms with van der Waals surface area (Å²) in [6.45, 7) is 1.84. The molecule has 0 aliphatic heterocycles. The van der Waals surface area contributed by atoms with Gasteiger partial charge in [0.1, 0.15) is 0 Å². The van der Waals surface area contributed by atoms with Crippen molar-refractivity contribution in [3.63, 3.8) is 0 Å². The molecule has 0 radical (unpaired) electrons. The van der Waals surface area contributed by atoms with Crippen molar-refractivity contribution in [2.45, 2.75) is 76.3 Å². The molecule has 0 unspecified atom stereocenters. The van der Waals surface area contributed by atoms with E-state index in [4.69, 9.17) is 5.73 Å². The van der Waals surface area contributed by atoms with E-state index >= 15 is 0 Å². The van der Waals surface area contributed by atoms with Crippen LogP contribution < -0.4 is 11.1 Å². The number of rotatable bonds is 5. The number of aliphatic imine (C=N–C) groups is 1. The van der Waals surface area contributed by atoms with Crippen molar-refractivity contribution in [1.29, 1.82) is 0 Å². The molecule has 4 nitrogen and oxygen atoms in total. The van der Waals surface area contributed by atoms with Gasteiger partial charge in [-0.3, -0.25) is 4.99 Å². The third kappa shape index (κ3) is 7.17. The Kier molecular flexibility index (Phi) is 9.64. The number of nitrogens with two attached hydrogens (primary N) is 1. The zero-order valence-corrected chi connectivity index (χ0v) is 15.9. The summed E-state index contributed by atoms with van der Waals surface area (Å²) in [4.78, 5) is 6.96. The van der Waals surface area contributed by atoms with Crippen LogP contribution in [-0.4, -0.2) is 43.1 Å². The quantitative estimate of drug-likeness (QED) is 0.318. The lowest BCUT2D eigenvalue weighted by atomic mass is 10.1. The van der Waals surface area contributed by atoms with Crippen LogP contribution in [0.3, 0.4) is 0 Å². The molecule has 3 N–H and O–H groups in total. The maximum Gasteiger partial charge on any atom is 0.188 e. The zero-order chi connectivity index (χ0) is 14.2. The Bertz CT molecular complexity index is 295. The minimum atomic E-state index is 0. The first-order valence-corrected chi connectivity index (χ1v) is 8.52. The van der Waals surface area contributed by atoms with E-state index in [0.29, 0.717) is 12.0 Å². The Morgan fingerprint density at radius 1 is 1.05 bits per heavy atom. The van der Waals surface area contributed by atoms with Gasteiger partial charge in [0.25, 0.3) is 0 Å². The van der Waals surface area contributed by atoms with Gasteiger partial charge in [0.2, 0.25) is 0 Å². The van der Waals surface area contributed by atoms with Gasteiger partial charge in [0, 0.05) is 18.6 Å². The number of halogens is 1. The SMILES string of the molecule is CN(CCN=C(N)NC1CCCCCC1)C1CCCC1.I. The molecule has 0 aromatic rings. The molecule has 0 spiro atoms. The van der Waals surface area contributed by atoms with Crippen molar-refractivity contribution in [3.8, 4) is 0 Å². The smallest absolute Gasteiger partial charge is 0.188 e.